The van der Waals surface area contributed by atoms with Crippen molar-refractivity contribution in [2.24, 2.45) is 0 Å². The number of non-ortho nitro benzene ring substituents is 1. The molecule has 0 aliphatic carbocycles. The lowest BCUT2D eigenvalue weighted by atomic mass is 10.3. The van der Waals surface area contributed by atoms with Crippen molar-refractivity contribution in [3.63, 3.8) is 0 Å². The fraction of sp³-hybridized carbons (Fsp3) is 0.231. The van der Waals surface area contributed by atoms with Crippen LogP contribution in [0.4, 0.5) is 11.7 Å². The molecular weight excluding hydrogens is 274 g/mol. The van der Waals surface area contributed by atoms with E-state index in [-0.39, 0.29) is 5.69 Å². The minimum Gasteiger partial charge on any atom is -0.423 e. The lowest BCUT2D eigenvalue weighted by molar-refractivity contribution is -0.384. The van der Waals surface area contributed by atoms with Crippen LogP contribution < -0.4 is 5.32 Å². The van der Waals surface area contributed by atoms with Gasteiger partial charge in [-0.2, -0.15) is 4.98 Å². The number of hydrogen-bond donors (Lipinski definition) is 2. The monoisotopic (exact) mass is 287 g/mol. The van der Waals surface area contributed by atoms with Gasteiger partial charge in [0, 0.05) is 31.4 Å². The van der Waals surface area contributed by atoms with Crippen molar-refractivity contribution in [3.8, 4) is 0 Å². The first-order chi connectivity index (χ1) is 10.2. The smallest absolute Gasteiger partial charge is 0.295 e. The van der Waals surface area contributed by atoms with Crippen molar-refractivity contribution in [1.29, 1.82) is 0 Å². The molecule has 0 bridgehead atoms. The van der Waals surface area contributed by atoms with E-state index in [1.54, 1.807) is 18.5 Å². The van der Waals surface area contributed by atoms with Gasteiger partial charge >= 0.3 is 0 Å². The summed E-state index contributed by atoms with van der Waals surface area (Å²) < 4.78 is 5.45. The summed E-state index contributed by atoms with van der Waals surface area (Å²) >= 11 is 0. The molecule has 0 radical (unpaired) electrons. The number of nitrogens with zero attached hydrogens (tertiary/aromatic N) is 3. The Morgan fingerprint density at radius 2 is 2.33 bits per heavy atom. The van der Waals surface area contributed by atoms with Gasteiger partial charge in [-0.05, 0) is 12.5 Å². The number of anilines is 1. The average Bonchev–Trinajstić information content (AvgIpc) is 3.11. The van der Waals surface area contributed by atoms with Gasteiger partial charge in [0.05, 0.1) is 11.0 Å². The number of aromatic nitrogens is 3. The molecule has 2 aromatic heterocycles. The Balaban J connectivity index is 1.60. The Kier molecular flexibility index (Phi) is 3.50. The molecule has 0 atom stereocenters. The number of nitro benzene ring substituents is 1. The first-order valence-corrected chi connectivity index (χ1v) is 6.49. The molecule has 0 saturated heterocycles. The van der Waals surface area contributed by atoms with Gasteiger partial charge in [0.2, 0.25) is 0 Å². The van der Waals surface area contributed by atoms with E-state index in [1.807, 2.05) is 0 Å². The Morgan fingerprint density at radius 1 is 1.43 bits per heavy atom. The van der Waals surface area contributed by atoms with Crippen LogP contribution in [0.3, 0.4) is 0 Å². The predicted octanol–water partition coefficient (Wildman–Crippen LogP) is 2.50. The summed E-state index contributed by atoms with van der Waals surface area (Å²) in [4.78, 5) is 21.6. The zero-order valence-corrected chi connectivity index (χ0v) is 11.1. The molecule has 0 amide bonds. The number of aromatic amines is 1. The summed E-state index contributed by atoms with van der Waals surface area (Å²) in [6.07, 6.45) is 5.20. The van der Waals surface area contributed by atoms with Crippen LogP contribution in [-0.4, -0.2) is 26.4 Å². The lowest BCUT2D eigenvalue weighted by Gasteiger charge is -1.99. The Morgan fingerprint density at radius 3 is 3.10 bits per heavy atom. The highest BCUT2D eigenvalue weighted by molar-refractivity contribution is 5.77. The van der Waals surface area contributed by atoms with Gasteiger partial charge in [-0.15, -0.1) is 0 Å². The summed E-state index contributed by atoms with van der Waals surface area (Å²) in [6.45, 7) is 0.676. The van der Waals surface area contributed by atoms with Crippen LogP contribution in [-0.2, 0) is 6.42 Å². The van der Waals surface area contributed by atoms with Crippen LogP contribution >= 0.6 is 0 Å². The van der Waals surface area contributed by atoms with Crippen molar-refractivity contribution < 1.29 is 9.34 Å². The quantitative estimate of drug-likeness (QED) is 0.409. The number of fused-ring (bicyclic) bond motifs is 1. The van der Waals surface area contributed by atoms with Crippen LogP contribution in [0.1, 0.15) is 12.2 Å². The second-order valence-electron chi connectivity index (χ2n) is 4.49. The van der Waals surface area contributed by atoms with E-state index in [0.29, 0.717) is 23.7 Å². The molecule has 0 aliphatic rings. The molecule has 0 saturated carbocycles. The van der Waals surface area contributed by atoms with E-state index in [4.69, 9.17) is 4.42 Å². The Hall–Kier alpha value is -2.90. The van der Waals surface area contributed by atoms with Crippen LogP contribution in [0.25, 0.3) is 11.1 Å². The van der Waals surface area contributed by atoms with E-state index in [9.17, 15) is 10.1 Å². The van der Waals surface area contributed by atoms with Gasteiger partial charge in [0.15, 0.2) is 5.58 Å². The first-order valence-electron chi connectivity index (χ1n) is 6.49. The molecule has 8 heteroatoms. The average molecular weight is 287 g/mol. The summed E-state index contributed by atoms with van der Waals surface area (Å²) in [5.41, 5.74) is 0.981. The van der Waals surface area contributed by atoms with Gasteiger partial charge < -0.3 is 14.7 Å². The van der Waals surface area contributed by atoms with Crippen molar-refractivity contribution >= 4 is 22.8 Å². The molecule has 0 aliphatic heterocycles. The Labute approximate surface area is 119 Å². The van der Waals surface area contributed by atoms with Gasteiger partial charge in [0.25, 0.3) is 11.7 Å². The third-order valence-corrected chi connectivity index (χ3v) is 3.00. The summed E-state index contributed by atoms with van der Waals surface area (Å²) in [5.74, 6) is 0.935. The number of aryl methyl sites for hydroxylation is 1. The minimum absolute atomic E-state index is 0.0111. The van der Waals surface area contributed by atoms with Crippen LogP contribution in [0.2, 0.25) is 0 Å². The maximum absolute atomic E-state index is 10.7. The molecule has 8 nitrogen and oxygen atoms in total. The summed E-state index contributed by atoms with van der Waals surface area (Å²) in [7, 11) is 0. The molecule has 108 valence electrons. The van der Waals surface area contributed by atoms with Crippen LogP contribution in [0.15, 0.2) is 35.0 Å². The summed E-state index contributed by atoms with van der Waals surface area (Å²) in [5, 5.41) is 13.7. The predicted molar refractivity (Wildman–Crippen MR) is 76.1 cm³/mol. The highest BCUT2D eigenvalue weighted by Gasteiger charge is 2.11. The molecule has 2 N–H and O–H groups in total. The van der Waals surface area contributed by atoms with Crippen LogP contribution in [0.5, 0.6) is 0 Å². The first kappa shape index (κ1) is 13.1. The SMILES string of the molecule is O=[N+]([O-])c1ccc2nc(NCCCc3ncc[nH]3)oc2c1. The standard InChI is InChI=1S/C13H13N5O3/c19-18(20)9-3-4-10-11(8-9)21-13(17-10)16-5-1-2-12-14-6-7-15-12/h3-4,6-8H,1-2,5H2,(H,14,15)(H,16,17). The molecule has 2 heterocycles. The second-order valence-corrected chi connectivity index (χ2v) is 4.49. The fourth-order valence-corrected chi connectivity index (χ4v) is 1.99. The maximum atomic E-state index is 10.7. The molecule has 0 spiro atoms. The van der Waals surface area contributed by atoms with Crippen molar-refractivity contribution in [2.75, 3.05) is 11.9 Å². The summed E-state index contributed by atoms with van der Waals surface area (Å²) in [6, 6.07) is 4.72. The van der Waals surface area contributed by atoms with Crippen molar-refractivity contribution in [1.82, 2.24) is 15.0 Å². The highest BCUT2D eigenvalue weighted by atomic mass is 16.6. The van der Waals surface area contributed by atoms with Gasteiger partial charge in [-0.25, -0.2) is 4.98 Å². The number of benzene rings is 1. The normalized spacial score (nSPS) is 10.9. The number of imidazole rings is 1. The van der Waals surface area contributed by atoms with Gasteiger partial charge in [-0.1, -0.05) is 0 Å². The number of rotatable bonds is 6. The zero-order valence-electron chi connectivity index (χ0n) is 11.1. The minimum atomic E-state index is -0.460. The van der Waals surface area contributed by atoms with Gasteiger partial charge in [-0.3, -0.25) is 10.1 Å². The third-order valence-electron chi connectivity index (χ3n) is 3.00. The number of oxazole rings is 1. The topological polar surface area (TPSA) is 110 Å². The molecular formula is C13H13N5O3. The van der Waals surface area contributed by atoms with E-state index in [2.05, 4.69) is 20.3 Å². The highest BCUT2D eigenvalue weighted by Crippen LogP contribution is 2.23. The van der Waals surface area contributed by atoms with Crippen molar-refractivity contribution in [3.05, 3.63) is 46.5 Å². The van der Waals surface area contributed by atoms with Crippen molar-refractivity contribution in [2.45, 2.75) is 12.8 Å². The third kappa shape index (κ3) is 2.99. The molecule has 21 heavy (non-hydrogen) atoms. The number of H-pyrrole nitrogens is 1. The fourth-order valence-electron chi connectivity index (χ4n) is 1.99. The maximum Gasteiger partial charge on any atom is 0.295 e. The largest absolute Gasteiger partial charge is 0.423 e. The van der Waals surface area contributed by atoms with Gasteiger partial charge in [0.1, 0.15) is 11.3 Å². The molecule has 0 unspecified atom stereocenters. The molecule has 0 fully saturated rings. The molecule has 3 aromatic rings. The zero-order chi connectivity index (χ0) is 14.7. The molecule has 1 aromatic carbocycles. The number of nitrogens with one attached hydrogen (secondary N) is 2. The second kappa shape index (κ2) is 5.61. The molecule has 3 rings (SSSR count). The number of nitro groups is 1. The van der Waals surface area contributed by atoms with E-state index in [0.717, 1.165) is 18.7 Å². The Bertz CT molecular complexity index is 750. The lowest BCUT2D eigenvalue weighted by Crippen LogP contribution is -2.03. The van der Waals surface area contributed by atoms with Crippen LogP contribution in [0, 0.1) is 10.1 Å². The number of hydrogen-bond acceptors (Lipinski definition) is 6. The van der Waals surface area contributed by atoms with E-state index in [1.165, 1.54) is 12.1 Å². The van der Waals surface area contributed by atoms with E-state index >= 15 is 0 Å². The van der Waals surface area contributed by atoms with E-state index < -0.39 is 4.92 Å².